The minimum atomic E-state index is -0.134. The normalized spacial score (nSPS) is 18.7. The van der Waals surface area contributed by atoms with Gasteiger partial charge in [0.2, 0.25) is 0 Å². The number of hydrazone groups is 1. The molecule has 3 rings (SSSR count). The predicted molar refractivity (Wildman–Crippen MR) is 78.4 cm³/mol. The highest BCUT2D eigenvalue weighted by molar-refractivity contribution is 7.12. The second-order valence-electron chi connectivity index (χ2n) is 4.20. The lowest BCUT2D eigenvalue weighted by atomic mass is 10.1. The lowest BCUT2D eigenvalue weighted by Crippen LogP contribution is -2.32. The molecule has 1 aliphatic heterocycles. The Bertz CT molecular complexity index is 589. The van der Waals surface area contributed by atoms with Crippen molar-refractivity contribution in [3.8, 4) is 0 Å². The molecule has 2 N–H and O–H groups in total. The highest BCUT2D eigenvalue weighted by Gasteiger charge is 2.33. The minimum Gasteiger partial charge on any atom is -0.322 e. The molecular weight excluding hydrogens is 278 g/mol. The summed E-state index contributed by atoms with van der Waals surface area (Å²) in [6.07, 6.45) is 0.757. The number of thiophene rings is 2. The molecule has 6 heteroatoms. The Labute approximate surface area is 119 Å². The van der Waals surface area contributed by atoms with Crippen molar-refractivity contribution in [1.29, 1.82) is 0 Å². The molecule has 1 aliphatic rings. The Morgan fingerprint density at radius 1 is 1.37 bits per heavy atom. The summed E-state index contributed by atoms with van der Waals surface area (Å²) in [5.74, 6) is -0.134. The van der Waals surface area contributed by atoms with Gasteiger partial charge in [0, 0.05) is 11.3 Å². The fraction of sp³-hybridized carbons (Fsp3) is 0.231. The van der Waals surface area contributed by atoms with Crippen LogP contribution in [0.4, 0.5) is 0 Å². The summed E-state index contributed by atoms with van der Waals surface area (Å²) < 4.78 is 0. The van der Waals surface area contributed by atoms with Crippen LogP contribution in [0.25, 0.3) is 0 Å². The van der Waals surface area contributed by atoms with Gasteiger partial charge in [-0.1, -0.05) is 12.1 Å². The molecule has 0 aliphatic carbocycles. The van der Waals surface area contributed by atoms with E-state index in [1.807, 2.05) is 35.0 Å². The number of carbonyl (C=O) groups excluding carboxylic acids is 1. The van der Waals surface area contributed by atoms with Gasteiger partial charge in [-0.05, 0) is 22.9 Å². The van der Waals surface area contributed by atoms with E-state index in [1.54, 1.807) is 27.7 Å². The van der Waals surface area contributed by atoms with E-state index >= 15 is 0 Å². The zero-order chi connectivity index (χ0) is 13.2. The van der Waals surface area contributed by atoms with Crippen LogP contribution in [-0.2, 0) is 4.79 Å². The highest BCUT2D eigenvalue weighted by Crippen LogP contribution is 2.35. The molecule has 0 aromatic carbocycles. The van der Waals surface area contributed by atoms with Crippen molar-refractivity contribution >= 4 is 34.3 Å². The average molecular weight is 291 g/mol. The van der Waals surface area contributed by atoms with Crippen molar-refractivity contribution in [3.63, 3.8) is 0 Å². The van der Waals surface area contributed by atoms with Crippen LogP contribution in [0.5, 0.6) is 0 Å². The van der Waals surface area contributed by atoms with Gasteiger partial charge in [0.15, 0.2) is 0 Å². The summed E-state index contributed by atoms with van der Waals surface area (Å²) in [5, 5.41) is 10.1. The molecule has 1 unspecified atom stereocenters. The van der Waals surface area contributed by atoms with Crippen LogP contribution in [-0.4, -0.2) is 23.2 Å². The fourth-order valence-corrected chi connectivity index (χ4v) is 3.66. The van der Waals surface area contributed by atoms with Gasteiger partial charge in [0.1, 0.15) is 0 Å². The van der Waals surface area contributed by atoms with E-state index in [-0.39, 0.29) is 18.5 Å². The zero-order valence-corrected chi connectivity index (χ0v) is 11.8. The van der Waals surface area contributed by atoms with E-state index < -0.39 is 0 Å². The number of hydrogen-bond acceptors (Lipinski definition) is 5. The molecule has 0 fully saturated rings. The summed E-state index contributed by atoms with van der Waals surface area (Å²) >= 11 is 3.29. The van der Waals surface area contributed by atoms with E-state index in [9.17, 15) is 4.79 Å². The number of carbonyl (C=O) groups is 1. The van der Waals surface area contributed by atoms with E-state index in [2.05, 4.69) is 5.10 Å². The minimum absolute atomic E-state index is 0.00634. The van der Waals surface area contributed by atoms with Crippen molar-refractivity contribution in [1.82, 2.24) is 5.01 Å². The fourth-order valence-electron chi connectivity index (χ4n) is 2.13. The Hall–Kier alpha value is -1.50. The van der Waals surface area contributed by atoms with Crippen LogP contribution in [0.3, 0.4) is 0 Å². The van der Waals surface area contributed by atoms with Gasteiger partial charge in [-0.15, -0.1) is 22.7 Å². The summed E-state index contributed by atoms with van der Waals surface area (Å²) in [5.41, 5.74) is 6.44. The first-order chi connectivity index (χ1) is 9.29. The van der Waals surface area contributed by atoms with Crippen LogP contribution < -0.4 is 5.73 Å². The number of hydrogen-bond donors (Lipinski definition) is 1. The molecule has 1 amide bonds. The monoisotopic (exact) mass is 291 g/mol. The Morgan fingerprint density at radius 3 is 2.79 bits per heavy atom. The van der Waals surface area contributed by atoms with Crippen molar-refractivity contribution in [3.05, 3.63) is 44.8 Å². The van der Waals surface area contributed by atoms with Gasteiger partial charge in [0.05, 0.1) is 23.2 Å². The second kappa shape index (κ2) is 5.24. The molecule has 2 aromatic rings. The van der Waals surface area contributed by atoms with Crippen molar-refractivity contribution in [2.75, 3.05) is 6.54 Å². The Kier molecular flexibility index (Phi) is 3.46. The van der Waals surface area contributed by atoms with Crippen LogP contribution in [0, 0.1) is 0 Å². The third-order valence-electron chi connectivity index (χ3n) is 3.02. The molecular formula is C13H13N3OS2. The summed E-state index contributed by atoms with van der Waals surface area (Å²) in [7, 11) is 0. The lowest BCUT2D eigenvalue weighted by Gasteiger charge is -2.19. The average Bonchev–Trinajstić information content (AvgIpc) is 3.14. The van der Waals surface area contributed by atoms with Crippen molar-refractivity contribution in [2.24, 2.45) is 10.8 Å². The lowest BCUT2D eigenvalue weighted by molar-refractivity contribution is -0.131. The van der Waals surface area contributed by atoms with Crippen molar-refractivity contribution < 1.29 is 4.79 Å². The maximum absolute atomic E-state index is 11.9. The van der Waals surface area contributed by atoms with Gasteiger partial charge in [-0.3, -0.25) is 4.79 Å². The smallest absolute Gasteiger partial charge is 0.257 e. The standard InChI is InChI=1S/C13H13N3OS2/c14-8-13(17)16-10(12-4-2-6-19-12)7-9(15-16)11-3-1-5-18-11/h1-6,10H,7-8,14H2. The van der Waals surface area contributed by atoms with Crippen molar-refractivity contribution in [2.45, 2.75) is 12.5 Å². The number of rotatable bonds is 3. The summed E-state index contributed by atoms with van der Waals surface area (Å²) in [6, 6.07) is 8.06. The molecule has 3 heterocycles. The van der Waals surface area contributed by atoms with Crippen LogP contribution in [0.2, 0.25) is 0 Å². The van der Waals surface area contributed by atoms with Crippen LogP contribution in [0.1, 0.15) is 22.2 Å². The summed E-state index contributed by atoms with van der Waals surface area (Å²) in [6.45, 7) is -0.0108. The van der Waals surface area contributed by atoms with E-state index in [0.717, 1.165) is 21.9 Å². The highest BCUT2D eigenvalue weighted by atomic mass is 32.1. The molecule has 0 bridgehead atoms. The van der Waals surface area contributed by atoms with Gasteiger partial charge in [-0.25, -0.2) is 5.01 Å². The third kappa shape index (κ3) is 2.34. The molecule has 4 nitrogen and oxygen atoms in total. The Morgan fingerprint density at radius 2 is 2.16 bits per heavy atom. The molecule has 0 saturated heterocycles. The molecule has 0 saturated carbocycles. The van der Waals surface area contributed by atoms with Gasteiger partial charge >= 0.3 is 0 Å². The van der Waals surface area contributed by atoms with Gasteiger partial charge in [0.25, 0.3) is 5.91 Å². The second-order valence-corrected chi connectivity index (χ2v) is 6.13. The van der Waals surface area contributed by atoms with Crippen LogP contribution >= 0.6 is 22.7 Å². The number of nitrogens with zero attached hydrogens (tertiary/aromatic N) is 2. The van der Waals surface area contributed by atoms with E-state index in [4.69, 9.17) is 5.73 Å². The first-order valence-corrected chi connectivity index (χ1v) is 7.72. The topological polar surface area (TPSA) is 58.7 Å². The first kappa shape index (κ1) is 12.5. The predicted octanol–water partition coefficient (Wildman–Crippen LogP) is 2.45. The zero-order valence-electron chi connectivity index (χ0n) is 10.2. The molecule has 98 valence electrons. The molecule has 0 radical (unpaired) electrons. The molecule has 0 spiro atoms. The maximum Gasteiger partial charge on any atom is 0.257 e. The SMILES string of the molecule is NCC(=O)N1N=C(c2cccs2)CC1c1cccs1. The molecule has 1 atom stereocenters. The quantitative estimate of drug-likeness (QED) is 0.944. The van der Waals surface area contributed by atoms with Crippen LogP contribution in [0.15, 0.2) is 40.1 Å². The van der Waals surface area contributed by atoms with E-state index in [1.165, 1.54) is 0 Å². The summed E-state index contributed by atoms with van der Waals surface area (Å²) in [4.78, 5) is 14.2. The van der Waals surface area contributed by atoms with Gasteiger partial charge < -0.3 is 5.73 Å². The number of nitrogens with two attached hydrogens (primary N) is 1. The maximum atomic E-state index is 11.9. The number of amides is 1. The van der Waals surface area contributed by atoms with E-state index in [0.29, 0.717) is 0 Å². The first-order valence-electron chi connectivity index (χ1n) is 5.96. The van der Waals surface area contributed by atoms with Gasteiger partial charge in [-0.2, -0.15) is 5.10 Å². The third-order valence-corrected chi connectivity index (χ3v) is 4.91. The molecule has 2 aromatic heterocycles. The largest absolute Gasteiger partial charge is 0.322 e. The Balaban J connectivity index is 1.93. The molecule has 19 heavy (non-hydrogen) atoms.